The number of methoxy groups -OCH3 is 1. The third-order valence-corrected chi connectivity index (χ3v) is 2.51. The van der Waals surface area contributed by atoms with E-state index in [4.69, 9.17) is 10.5 Å². The van der Waals surface area contributed by atoms with Crippen molar-refractivity contribution in [2.75, 3.05) is 12.8 Å². The molecule has 17 heavy (non-hydrogen) atoms. The van der Waals surface area contributed by atoms with Crippen LogP contribution >= 0.6 is 0 Å². The molecule has 1 aromatic carbocycles. The van der Waals surface area contributed by atoms with Gasteiger partial charge >= 0.3 is 0 Å². The number of nitrogens with zero attached hydrogens (tertiary/aromatic N) is 2. The lowest BCUT2D eigenvalue weighted by Crippen LogP contribution is -1.93. The Hall–Kier alpha value is -2.04. The number of hydrogen-bond acceptors (Lipinski definition) is 4. The van der Waals surface area contributed by atoms with E-state index < -0.39 is 0 Å². The van der Waals surface area contributed by atoms with Gasteiger partial charge in [0.25, 0.3) is 0 Å². The molecule has 0 fully saturated rings. The molecule has 0 bridgehead atoms. The van der Waals surface area contributed by atoms with Gasteiger partial charge in [-0.1, -0.05) is 13.8 Å². The van der Waals surface area contributed by atoms with Gasteiger partial charge in [-0.2, -0.15) is 5.10 Å². The molecule has 0 radical (unpaired) electrons. The molecular formula is C12H16N4O. The number of hydrogen-bond donors (Lipinski definition) is 2. The second-order valence-corrected chi connectivity index (χ2v) is 4.16. The van der Waals surface area contributed by atoms with Crippen LogP contribution in [-0.4, -0.2) is 22.3 Å². The number of aromatic amines is 1. The van der Waals surface area contributed by atoms with Gasteiger partial charge in [-0.05, 0) is 18.2 Å². The van der Waals surface area contributed by atoms with Gasteiger partial charge in [0.2, 0.25) is 0 Å². The first-order valence-electron chi connectivity index (χ1n) is 5.48. The highest BCUT2D eigenvalue weighted by molar-refractivity contribution is 5.68. The quantitative estimate of drug-likeness (QED) is 0.795. The second kappa shape index (κ2) is 4.45. The fourth-order valence-electron chi connectivity index (χ4n) is 1.55. The summed E-state index contributed by atoms with van der Waals surface area (Å²) in [4.78, 5) is 4.43. The molecule has 90 valence electrons. The van der Waals surface area contributed by atoms with Gasteiger partial charge in [0, 0.05) is 11.6 Å². The van der Waals surface area contributed by atoms with Crippen molar-refractivity contribution in [2.45, 2.75) is 19.8 Å². The molecule has 3 N–H and O–H groups in total. The zero-order valence-corrected chi connectivity index (χ0v) is 10.2. The molecule has 5 heteroatoms. The van der Waals surface area contributed by atoms with Crippen LogP contribution in [0.25, 0.3) is 11.4 Å². The smallest absolute Gasteiger partial charge is 0.184 e. The lowest BCUT2D eigenvalue weighted by Gasteiger charge is -2.05. The lowest BCUT2D eigenvalue weighted by atomic mass is 10.1. The van der Waals surface area contributed by atoms with Gasteiger partial charge in [-0.3, -0.25) is 5.10 Å². The summed E-state index contributed by atoms with van der Waals surface area (Å²) in [6.07, 6.45) is 0. The summed E-state index contributed by atoms with van der Waals surface area (Å²) in [5.41, 5.74) is 7.23. The maximum atomic E-state index is 5.76. The Kier molecular flexibility index (Phi) is 2.99. The van der Waals surface area contributed by atoms with Gasteiger partial charge < -0.3 is 10.5 Å². The maximum Gasteiger partial charge on any atom is 0.184 e. The Labute approximate surface area is 100 Å². The molecular weight excluding hydrogens is 216 g/mol. The van der Waals surface area contributed by atoms with Crippen LogP contribution in [0.15, 0.2) is 18.2 Å². The van der Waals surface area contributed by atoms with Crippen LogP contribution in [0, 0.1) is 0 Å². The van der Waals surface area contributed by atoms with Crippen molar-refractivity contribution in [3.8, 4) is 17.1 Å². The van der Waals surface area contributed by atoms with E-state index in [9.17, 15) is 0 Å². The molecule has 1 heterocycles. The highest BCUT2D eigenvalue weighted by Gasteiger charge is 2.13. The minimum Gasteiger partial charge on any atom is -0.496 e. The lowest BCUT2D eigenvalue weighted by molar-refractivity contribution is 0.416. The van der Waals surface area contributed by atoms with Crippen LogP contribution in [0.3, 0.4) is 0 Å². The molecule has 0 aliphatic carbocycles. The van der Waals surface area contributed by atoms with Crippen molar-refractivity contribution in [3.63, 3.8) is 0 Å². The van der Waals surface area contributed by atoms with E-state index in [0.717, 1.165) is 11.4 Å². The Morgan fingerprint density at radius 2 is 2.12 bits per heavy atom. The molecule has 0 saturated carbocycles. The van der Waals surface area contributed by atoms with E-state index in [1.807, 2.05) is 12.1 Å². The number of anilines is 1. The minimum atomic E-state index is 0.309. The first kappa shape index (κ1) is 11.4. The van der Waals surface area contributed by atoms with Crippen molar-refractivity contribution in [3.05, 3.63) is 24.0 Å². The van der Waals surface area contributed by atoms with Crippen molar-refractivity contribution in [1.82, 2.24) is 15.2 Å². The Bertz CT molecular complexity index is 519. The fraction of sp³-hybridized carbons (Fsp3) is 0.333. The standard InChI is InChI=1S/C12H16N4O/c1-7(2)11-14-12(16-15-11)9-6-8(13)4-5-10(9)17-3/h4-7H,13H2,1-3H3,(H,14,15,16). The van der Waals surface area contributed by atoms with Crippen molar-refractivity contribution < 1.29 is 4.74 Å². The summed E-state index contributed by atoms with van der Waals surface area (Å²) in [5.74, 6) is 2.49. The second-order valence-electron chi connectivity index (χ2n) is 4.16. The molecule has 0 spiro atoms. The molecule has 5 nitrogen and oxygen atoms in total. The van der Waals surface area contributed by atoms with E-state index in [2.05, 4.69) is 29.0 Å². The van der Waals surface area contributed by atoms with Crippen molar-refractivity contribution >= 4 is 5.69 Å². The third-order valence-electron chi connectivity index (χ3n) is 2.51. The number of aromatic nitrogens is 3. The fourth-order valence-corrected chi connectivity index (χ4v) is 1.55. The summed E-state index contributed by atoms with van der Waals surface area (Å²) < 4.78 is 5.28. The first-order valence-corrected chi connectivity index (χ1v) is 5.48. The van der Waals surface area contributed by atoms with E-state index in [1.165, 1.54) is 0 Å². The molecule has 0 amide bonds. The summed E-state index contributed by atoms with van der Waals surface area (Å²) in [6, 6.07) is 5.42. The average molecular weight is 232 g/mol. The number of benzene rings is 1. The van der Waals surface area contributed by atoms with Crippen LogP contribution in [0.5, 0.6) is 5.75 Å². The molecule has 1 aromatic heterocycles. The van der Waals surface area contributed by atoms with Crippen LogP contribution in [0.1, 0.15) is 25.6 Å². The molecule has 2 aromatic rings. The van der Waals surface area contributed by atoms with E-state index in [-0.39, 0.29) is 0 Å². The highest BCUT2D eigenvalue weighted by atomic mass is 16.5. The number of H-pyrrole nitrogens is 1. The van der Waals surface area contributed by atoms with Crippen molar-refractivity contribution in [1.29, 1.82) is 0 Å². The zero-order valence-electron chi connectivity index (χ0n) is 10.2. The summed E-state index contributed by atoms with van der Waals surface area (Å²) in [7, 11) is 1.62. The monoisotopic (exact) mass is 232 g/mol. The molecule has 0 aliphatic heterocycles. The van der Waals surface area contributed by atoms with Crippen LogP contribution in [0.2, 0.25) is 0 Å². The molecule has 0 saturated heterocycles. The number of nitrogen functional groups attached to an aromatic ring is 1. The van der Waals surface area contributed by atoms with Crippen LogP contribution in [-0.2, 0) is 0 Å². The maximum absolute atomic E-state index is 5.76. The molecule has 2 rings (SSSR count). The highest BCUT2D eigenvalue weighted by Crippen LogP contribution is 2.29. The van der Waals surface area contributed by atoms with Crippen molar-refractivity contribution in [2.24, 2.45) is 0 Å². The first-order chi connectivity index (χ1) is 8.11. The largest absolute Gasteiger partial charge is 0.496 e. The topological polar surface area (TPSA) is 76.8 Å². The average Bonchev–Trinajstić information content (AvgIpc) is 2.78. The van der Waals surface area contributed by atoms with Gasteiger partial charge in [0.1, 0.15) is 11.6 Å². The van der Waals surface area contributed by atoms with Gasteiger partial charge in [-0.25, -0.2) is 4.98 Å². The SMILES string of the molecule is COc1ccc(N)cc1-c1n[nH]c(C(C)C)n1. The summed E-state index contributed by atoms with van der Waals surface area (Å²) in [6.45, 7) is 4.11. The number of nitrogens with two attached hydrogens (primary N) is 1. The summed E-state index contributed by atoms with van der Waals surface area (Å²) in [5, 5.41) is 7.10. The number of ether oxygens (including phenoxy) is 1. The molecule has 0 atom stereocenters. The Morgan fingerprint density at radius 3 is 2.71 bits per heavy atom. The van der Waals surface area contributed by atoms with E-state index >= 15 is 0 Å². The summed E-state index contributed by atoms with van der Waals surface area (Å²) >= 11 is 0. The van der Waals surface area contributed by atoms with E-state index in [1.54, 1.807) is 13.2 Å². The predicted molar refractivity (Wildman–Crippen MR) is 66.9 cm³/mol. The molecule has 0 unspecified atom stereocenters. The number of rotatable bonds is 3. The van der Waals surface area contributed by atoms with E-state index in [0.29, 0.717) is 23.2 Å². The third kappa shape index (κ3) is 2.22. The molecule has 0 aliphatic rings. The minimum absolute atomic E-state index is 0.309. The van der Waals surface area contributed by atoms with Crippen LogP contribution < -0.4 is 10.5 Å². The Balaban J connectivity index is 2.47. The van der Waals surface area contributed by atoms with Crippen LogP contribution in [0.4, 0.5) is 5.69 Å². The normalized spacial score (nSPS) is 10.8. The predicted octanol–water partition coefficient (Wildman–Crippen LogP) is 2.19. The Morgan fingerprint density at radius 1 is 1.35 bits per heavy atom. The van der Waals surface area contributed by atoms with Gasteiger partial charge in [0.15, 0.2) is 5.82 Å². The van der Waals surface area contributed by atoms with Gasteiger partial charge in [0.05, 0.1) is 12.7 Å². The number of nitrogens with one attached hydrogen (secondary N) is 1. The van der Waals surface area contributed by atoms with Gasteiger partial charge in [-0.15, -0.1) is 0 Å². The zero-order chi connectivity index (χ0) is 12.4.